The minimum absolute atomic E-state index is 0.129. The van der Waals surface area contributed by atoms with Crippen molar-refractivity contribution in [3.05, 3.63) is 0 Å². The maximum absolute atomic E-state index is 12.3. The Kier molecular flexibility index (Phi) is 2.87. The van der Waals surface area contributed by atoms with E-state index in [1.807, 2.05) is 0 Å². The fourth-order valence-electron chi connectivity index (χ4n) is 5.41. The number of carbonyl (C=O) groups is 1. The number of rotatable bonds is 4. The molecule has 0 saturated heterocycles. The maximum atomic E-state index is 12.3. The molecule has 1 unspecified atom stereocenters. The zero-order valence-electron chi connectivity index (χ0n) is 11.7. The van der Waals surface area contributed by atoms with Gasteiger partial charge in [-0.2, -0.15) is 0 Å². The van der Waals surface area contributed by atoms with Crippen molar-refractivity contribution in [2.45, 2.75) is 51.0 Å². The first-order valence-corrected chi connectivity index (χ1v) is 8.24. The Morgan fingerprint density at radius 1 is 1.05 bits per heavy atom. The molecule has 0 heterocycles. The Labute approximate surface area is 115 Å². The molecular weight excluding hydrogens is 236 g/mol. The lowest BCUT2D eigenvalue weighted by Gasteiger charge is -2.55. The van der Waals surface area contributed by atoms with Crippen molar-refractivity contribution in [3.63, 3.8) is 0 Å². The van der Waals surface area contributed by atoms with E-state index in [4.69, 9.17) is 5.73 Å². The van der Waals surface area contributed by atoms with Crippen LogP contribution in [0.5, 0.6) is 0 Å². The van der Waals surface area contributed by atoms with E-state index >= 15 is 0 Å². The molecule has 106 valence electrons. The second kappa shape index (κ2) is 4.47. The summed E-state index contributed by atoms with van der Waals surface area (Å²) in [5, 5.41) is 3.09. The SMILES string of the molecule is NC(C(=O)NCC1CC1)C1C2CC3CC(C2)CC1C3. The molecule has 0 aromatic rings. The minimum atomic E-state index is -0.242. The van der Waals surface area contributed by atoms with Crippen LogP contribution in [-0.2, 0) is 4.79 Å². The molecule has 0 spiro atoms. The van der Waals surface area contributed by atoms with Gasteiger partial charge in [0.25, 0.3) is 0 Å². The van der Waals surface area contributed by atoms with E-state index in [2.05, 4.69) is 5.32 Å². The van der Waals surface area contributed by atoms with Crippen LogP contribution in [0.4, 0.5) is 0 Å². The first-order chi connectivity index (χ1) is 9.20. The van der Waals surface area contributed by atoms with E-state index in [0.717, 1.165) is 36.1 Å². The molecule has 5 saturated carbocycles. The van der Waals surface area contributed by atoms with Crippen molar-refractivity contribution < 1.29 is 4.79 Å². The number of nitrogens with two attached hydrogens (primary N) is 1. The molecule has 3 N–H and O–H groups in total. The molecule has 5 rings (SSSR count). The van der Waals surface area contributed by atoms with Crippen LogP contribution >= 0.6 is 0 Å². The summed E-state index contributed by atoms with van der Waals surface area (Å²) in [7, 11) is 0. The quantitative estimate of drug-likeness (QED) is 0.813. The van der Waals surface area contributed by atoms with Crippen LogP contribution in [0, 0.1) is 35.5 Å². The number of hydrogen-bond donors (Lipinski definition) is 2. The highest BCUT2D eigenvalue weighted by Gasteiger charge is 2.51. The van der Waals surface area contributed by atoms with E-state index in [0.29, 0.717) is 5.92 Å². The summed E-state index contributed by atoms with van der Waals surface area (Å²) in [5.74, 6) is 4.77. The molecule has 4 bridgehead atoms. The Balaban J connectivity index is 1.41. The summed E-state index contributed by atoms with van der Waals surface area (Å²) in [5.41, 5.74) is 6.34. The molecule has 5 fully saturated rings. The second-order valence-electron chi connectivity index (χ2n) is 7.72. The molecule has 1 amide bonds. The highest BCUT2D eigenvalue weighted by Crippen LogP contribution is 2.57. The van der Waals surface area contributed by atoms with Gasteiger partial charge in [-0.15, -0.1) is 0 Å². The molecule has 0 aromatic heterocycles. The van der Waals surface area contributed by atoms with Crippen LogP contribution in [0.25, 0.3) is 0 Å². The summed E-state index contributed by atoms with van der Waals surface area (Å²) in [4.78, 5) is 12.3. The van der Waals surface area contributed by atoms with Gasteiger partial charge in [0.05, 0.1) is 6.04 Å². The number of carbonyl (C=O) groups excluding carboxylic acids is 1. The summed E-state index contributed by atoms with van der Waals surface area (Å²) < 4.78 is 0. The maximum Gasteiger partial charge on any atom is 0.237 e. The molecule has 0 aromatic carbocycles. The molecule has 1 atom stereocenters. The van der Waals surface area contributed by atoms with Gasteiger partial charge < -0.3 is 11.1 Å². The van der Waals surface area contributed by atoms with Gasteiger partial charge in [-0.3, -0.25) is 4.79 Å². The Hall–Kier alpha value is -0.570. The van der Waals surface area contributed by atoms with E-state index in [9.17, 15) is 4.79 Å². The summed E-state index contributed by atoms with van der Waals surface area (Å²) in [6.45, 7) is 0.861. The third kappa shape index (κ3) is 2.20. The molecule has 5 aliphatic rings. The summed E-state index contributed by atoms with van der Waals surface area (Å²) in [6.07, 6.45) is 9.43. The van der Waals surface area contributed by atoms with Gasteiger partial charge >= 0.3 is 0 Å². The third-order valence-corrected chi connectivity index (χ3v) is 6.28. The number of hydrogen-bond acceptors (Lipinski definition) is 2. The Morgan fingerprint density at radius 3 is 2.16 bits per heavy atom. The lowest BCUT2D eigenvalue weighted by molar-refractivity contribution is -0.128. The van der Waals surface area contributed by atoms with Gasteiger partial charge in [-0.1, -0.05) is 0 Å². The van der Waals surface area contributed by atoms with E-state index in [-0.39, 0.29) is 11.9 Å². The smallest absolute Gasteiger partial charge is 0.237 e. The van der Waals surface area contributed by atoms with Crippen molar-refractivity contribution >= 4 is 5.91 Å². The monoisotopic (exact) mass is 262 g/mol. The van der Waals surface area contributed by atoms with Crippen LogP contribution in [-0.4, -0.2) is 18.5 Å². The predicted octanol–water partition coefficient (Wildman–Crippen LogP) is 1.91. The topological polar surface area (TPSA) is 55.1 Å². The molecule has 19 heavy (non-hydrogen) atoms. The van der Waals surface area contributed by atoms with Crippen LogP contribution in [0.3, 0.4) is 0 Å². The van der Waals surface area contributed by atoms with E-state index in [1.54, 1.807) is 0 Å². The van der Waals surface area contributed by atoms with E-state index < -0.39 is 0 Å². The zero-order valence-corrected chi connectivity index (χ0v) is 11.7. The van der Waals surface area contributed by atoms with Crippen LogP contribution < -0.4 is 11.1 Å². The highest BCUT2D eigenvalue weighted by molar-refractivity contribution is 5.82. The number of amides is 1. The standard InChI is InChI=1S/C16H26N2O/c17-15(16(19)18-8-9-1-2-9)14-12-4-10-3-11(6-12)7-13(14)5-10/h9-15H,1-8,17H2,(H,18,19). The third-order valence-electron chi connectivity index (χ3n) is 6.28. The van der Waals surface area contributed by atoms with Crippen LogP contribution in [0.15, 0.2) is 0 Å². The first-order valence-electron chi connectivity index (χ1n) is 8.24. The lowest BCUT2D eigenvalue weighted by Crippen LogP contribution is -2.56. The average Bonchev–Trinajstić information content (AvgIpc) is 3.18. The van der Waals surface area contributed by atoms with Crippen LogP contribution in [0.1, 0.15) is 44.9 Å². The van der Waals surface area contributed by atoms with Crippen molar-refractivity contribution in [2.24, 2.45) is 41.2 Å². The summed E-state index contributed by atoms with van der Waals surface area (Å²) in [6, 6.07) is -0.242. The van der Waals surface area contributed by atoms with Gasteiger partial charge in [-0.05, 0) is 80.5 Å². The molecular formula is C16H26N2O. The van der Waals surface area contributed by atoms with E-state index in [1.165, 1.54) is 44.9 Å². The largest absolute Gasteiger partial charge is 0.354 e. The zero-order chi connectivity index (χ0) is 13.0. The molecule has 0 radical (unpaired) electrons. The Bertz CT molecular complexity index is 349. The van der Waals surface area contributed by atoms with Gasteiger partial charge in [0.1, 0.15) is 0 Å². The molecule has 0 aliphatic heterocycles. The van der Waals surface area contributed by atoms with Gasteiger partial charge in [-0.25, -0.2) is 0 Å². The first kappa shape index (κ1) is 12.2. The fourth-order valence-corrected chi connectivity index (χ4v) is 5.41. The molecule has 3 heteroatoms. The van der Waals surface area contributed by atoms with Gasteiger partial charge in [0, 0.05) is 6.54 Å². The molecule has 5 aliphatic carbocycles. The van der Waals surface area contributed by atoms with Crippen molar-refractivity contribution in [1.82, 2.24) is 5.32 Å². The average molecular weight is 262 g/mol. The van der Waals surface area contributed by atoms with Crippen molar-refractivity contribution in [2.75, 3.05) is 6.54 Å². The molecule has 3 nitrogen and oxygen atoms in total. The van der Waals surface area contributed by atoms with Crippen LogP contribution in [0.2, 0.25) is 0 Å². The Morgan fingerprint density at radius 2 is 1.63 bits per heavy atom. The highest BCUT2D eigenvalue weighted by atomic mass is 16.2. The fraction of sp³-hybridized carbons (Fsp3) is 0.938. The number of nitrogens with one attached hydrogen (secondary N) is 1. The predicted molar refractivity (Wildman–Crippen MR) is 74.2 cm³/mol. The lowest BCUT2D eigenvalue weighted by atomic mass is 9.50. The van der Waals surface area contributed by atoms with Gasteiger partial charge in [0.15, 0.2) is 0 Å². The second-order valence-corrected chi connectivity index (χ2v) is 7.72. The van der Waals surface area contributed by atoms with Gasteiger partial charge in [0.2, 0.25) is 5.91 Å². The summed E-state index contributed by atoms with van der Waals surface area (Å²) >= 11 is 0. The minimum Gasteiger partial charge on any atom is -0.354 e. The van der Waals surface area contributed by atoms with Crippen molar-refractivity contribution in [3.8, 4) is 0 Å². The normalized spacial score (nSPS) is 45.2. The van der Waals surface area contributed by atoms with Crippen molar-refractivity contribution in [1.29, 1.82) is 0 Å².